The van der Waals surface area contributed by atoms with Crippen molar-refractivity contribution in [3.05, 3.63) is 76.8 Å². The van der Waals surface area contributed by atoms with E-state index in [9.17, 15) is 28.8 Å². The lowest BCUT2D eigenvalue weighted by atomic mass is 9.85. The molecule has 0 heterocycles. The molecule has 2 rings (SSSR count). The summed E-state index contributed by atoms with van der Waals surface area (Å²) in [5, 5.41) is 6.16. The van der Waals surface area contributed by atoms with E-state index in [2.05, 4.69) is 20.8 Å². The summed E-state index contributed by atoms with van der Waals surface area (Å²) in [6.45, 7) is 9.31. The fourth-order valence-electron chi connectivity index (χ4n) is 3.90. The first kappa shape index (κ1) is 37.3. The number of nitrogens with zero attached hydrogens (tertiary/aromatic N) is 1. The summed E-state index contributed by atoms with van der Waals surface area (Å²) in [6.07, 6.45) is 1.62. The molecule has 0 aliphatic heterocycles. The molecule has 46 heavy (non-hydrogen) atoms. The highest BCUT2D eigenvalue weighted by Gasteiger charge is 2.36. The number of carbonyl (C=O) groups is 6. The van der Waals surface area contributed by atoms with E-state index in [1.54, 1.807) is 71.9 Å². The minimum absolute atomic E-state index is 0.162. The largest absolute Gasteiger partial charge is 0.466 e. The molecule has 0 aromatic heterocycles. The summed E-state index contributed by atoms with van der Waals surface area (Å²) in [7, 11) is 1.11. The number of methoxy groups -OCH3 is 1. The lowest BCUT2D eigenvalue weighted by Gasteiger charge is -2.32. The van der Waals surface area contributed by atoms with Gasteiger partial charge in [-0.25, -0.2) is 9.80 Å². The summed E-state index contributed by atoms with van der Waals surface area (Å²) in [4.78, 5) is 77.8. The Bertz CT molecular complexity index is 1480. The maximum atomic E-state index is 13.8. The number of hydrazine groups is 1. The Labute approximate surface area is 272 Å². The van der Waals surface area contributed by atoms with Crippen molar-refractivity contribution in [1.82, 2.24) is 21.1 Å². The molecule has 0 saturated heterocycles. The SMILES string of the molecule is COC(=O)/C=C/C(=O)N(CC(=O)OC(C)(C)C)NC(=O)C(NC(=O)[C@@H](NC(=O)c1ccc(N)c(Cl)c1)C(C)(C)C)c1ccccc1. The first-order valence-electron chi connectivity index (χ1n) is 14.1. The third kappa shape index (κ3) is 11.5. The van der Waals surface area contributed by atoms with Crippen molar-refractivity contribution >= 4 is 52.9 Å². The highest BCUT2D eigenvalue weighted by molar-refractivity contribution is 6.33. The van der Waals surface area contributed by atoms with Crippen molar-refractivity contribution < 1.29 is 38.2 Å². The molecule has 0 aliphatic rings. The number of esters is 2. The maximum Gasteiger partial charge on any atom is 0.330 e. The number of nitrogens with two attached hydrogens (primary N) is 1. The van der Waals surface area contributed by atoms with E-state index in [1.165, 1.54) is 18.2 Å². The molecule has 0 saturated carbocycles. The molecule has 2 aromatic carbocycles. The van der Waals surface area contributed by atoms with Crippen LogP contribution in [-0.4, -0.2) is 65.9 Å². The Hall–Kier alpha value is -4.91. The summed E-state index contributed by atoms with van der Waals surface area (Å²) < 4.78 is 9.79. The highest BCUT2D eigenvalue weighted by atomic mass is 35.5. The monoisotopic (exact) mass is 657 g/mol. The number of hydrogen-bond donors (Lipinski definition) is 4. The second kappa shape index (κ2) is 15.9. The van der Waals surface area contributed by atoms with Crippen LogP contribution in [0.25, 0.3) is 0 Å². The van der Waals surface area contributed by atoms with Gasteiger partial charge in [0.15, 0.2) is 0 Å². The van der Waals surface area contributed by atoms with Crippen molar-refractivity contribution in [3.63, 3.8) is 0 Å². The minimum atomic E-state index is -1.40. The van der Waals surface area contributed by atoms with Crippen molar-refractivity contribution in [2.45, 2.75) is 59.2 Å². The predicted molar refractivity (Wildman–Crippen MR) is 171 cm³/mol. The van der Waals surface area contributed by atoms with Crippen LogP contribution >= 0.6 is 11.6 Å². The number of hydrogen-bond acceptors (Lipinski definition) is 9. The zero-order valence-corrected chi connectivity index (χ0v) is 27.6. The normalized spacial score (nSPS) is 12.8. The molecule has 2 atom stereocenters. The molecule has 0 aliphatic carbocycles. The van der Waals surface area contributed by atoms with Crippen LogP contribution < -0.4 is 21.8 Å². The third-order valence-corrected chi connectivity index (χ3v) is 6.46. The van der Waals surface area contributed by atoms with Gasteiger partial charge in [-0.05, 0) is 49.9 Å². The fourth-order valence-corrected chi connectivity index (χ4v) is 4.08. The van der Waals surface area contributed by atoms with E-state index in [1.807, 2.05) is 0 Å². The second-order valence-corrected chi connectivity index (χ2v) is 12.6. The molecule has 0 fully saturated rings. The van der Waals surface area contributed by atoms with Crippen LogP contribution in [0.3, 0.4) is 0 Å². The predicted octanol–water partition coefficient (Wildman–Crippen LogP) is 2.85. The fraction of sp³-hybridized carbons (Fsp3) is 0.375. The van der Waals surface area contributed by atoms with Gasteiger partial charge in [-0.15, -0.1) is 0 Å². The van der Waals surface area contributed by atoms with E-state index in [0.717, 1.165) is 19.3 Å². The van der Waals surface area contributed by atoms with E-state index in [-0.39, 0.29) is 16.3 Å². The first-order chi connectivity index (χ1) is 21.3. The van der Waals surface area contributed by atoms with Crippen molar-refractivity contribution in [1.29, 1.82) is 0 Å². The highest BCUT2D eigenvalue weighted by Crippen LogP contribution is 2.24. The molecule has 5 N–H and O–H groups in total. The van der Waals surface area contributed by atoms with Crippen LogP contribution in [0.5, 0.6) is 0 Å². The molecular formula is C32H40ClN5O8. The number of ether oxygens (including phenoxy) is 2. The van der Waals surface area contributed by atoms with Gasteiger partial charge in [0.25, 0.3) is 17.7 Å². The molecule has 14 heteroatoms. The van der Waals surface area contributed by atoms with Gasteiger partial charge in [-0.1, -0.05) is 62.7 Å². The van der Waals surface area contributed by atoms with Crippen LogP contribution in [-0.2, 0) is 33.4 Å². The van der Waals surface area contributed by atoms with Crippen molar-refractivity contribution in [2.75, 3.05) is 19.4 Å². The quantitative estimate of drug-likeness (QED) is 0.129. The Morgan fingerprint density at radius 1 is 0.913 bits per heavy atom. The van der Waals surface area contributed by atoms with Crippen LogP contribution in [0.4, 0.5) is 5.69 Å². The van der Waals surface area contributed by atoms with E-state index < -0.39 is 65.2 Å². The standard InChI is InChI=1S/C32H40ClN5O8/c1-31(2,3)27(36-28(42)20-13-14-22(34)21(33)17-20)30(44)35-26(19-11-9-8-10-12-19)29(43)37-38(18-25(41)46-32(4,5)6)23(39)15-16-24(40)45-7/h8-17,26-27H,18,34H2,1-7H3,(H,35,44)(H,36,42)(H,37,43)/b16-15+/t26?,27-/m1/s1. The van der Waals surface area contributed by atoms with E-state index in [4.69, 9.17) is 22.1 Å². The van der Waals surface area contributed by atoms with E-state index in [0.29, 0.717) is 10.6 Å². The van der Waals surface area contributed by atoms with Crippen LogP contribution in [0, 0.1) is 5.41 Å². The van der Waals surface area contributed by atoms with Gasteiger partial charge in [0.1, 0.15) is 24.2 Å². The molecule has 13 nitrogen and oxygen atoms in total. The number of rotatable bonds is 10. The Balaban J connectivity index is 2.42. The molecule has 0 spiro atoms. The minimum Gasteiger partial charge on any atom is -0.466 e. The number of anilines is 1. The smallest absolute Gasteiger partial charge is 0.330 e. The van der Waals surface area contributed by atoms with Gasteiger partial charge in [-0.2, -0.15) is 0 Å². The van der Waals surface area contributed by atoms with Gasteiger partial charge in [0.2, 0.25) is 5.91 Å². The molecule has 2 aromatic rings. The number of carbonyl (C=O) groups excluding carboxylic acids is 6. The Kier molecular flexibility index (Phi) is 12.9. The zero-order chi connectivity index (χ0) is 34.8. The lowest BCUT2D eigenvalue weighted by Crippen LogP contribution is -2.57. The number of nitrogens with one attached hydrogen (secondary N) is 3. The number of nitrogen functional groups attached to an aromatic ring is 1. The van der Waals surface area contributed by atoms with Crippen LogP contribution in [0.1, 0.15) is 63.5 Å². The van der Waals surface area contributed by atoms with Gasteiger partial charge < -0.3 is 25.8 Å². The number of benzene rings is 2. The topological polar surface area (TPSA) is 186 Å². The molecule has 0 radical (unpaired) electrons. The Morgan fingerprint density at radius 3 is 2.09 bits per heavy atom. The van der Waals surface area contributed by atoms with Crippen molar-refractivity contribution in [3.8, 4) is 0 Å². The van der Waals surface area contributed by atoms with Crippen molar-refractivity contribution in [2.24, 2.45) is 5.41 Å². The summed E-state index contributed by atoms with van der Waals surface area (Å²) in [5.74, 6) is -4.89. The molecular weight excluding hydrogens is 618 g/mol. The summed E-state index contributed by atoms with van der Waals surface area (Å²) in [5.41, 5.74) is 7.12. The summed E-state index contributed by atoms with van der Waals surface area (Å²) in [6, 6.07) is 9.85. The van der Waals surface area contributed by atoms with Gasteiger partial charge in [-0.3, -0.25) is 29.4 Å². The van der Waals surface area contributed by atoms with Crippen LogP contribution in [0.15, 0.2) is 60.7 Å². The average Bonchev–Trinajstić information content (AvgIpc) is 2.96. The molecule has 248 valence electrons. The number of amides is 4. The van der Waals surface area contributed by atoms with E-state index >= 15 is 0 Å². The third-order valence-electron chi connectivity index (χ3n) is 6.13. The van der Waals surface area contributed by atoms with Crippen LogP contribution in [0.2, 0.25) is 5.02 Å². The lowest BCUT2D eigenvalue weighted by molar-refractivity contribution is -0.160. The Morgan fingerprint density at radius 2 is 1.54 bits per heavy atom. The zero-order valence-electron chi connectivity index (χ0n) is 26.8. The molecule has 4 amide bonds. The van der Waals surface area contributed by atoms with Gasteiger partial charge >= 0.3 is 11.9 Å². The summed E-state index contributed by atoms with van der Waals surface area (Å²) >= 11 is 6.07. The number of halogens is 1. The first-order valence-corrected chi connectivity index (χ1v) is 14.5. The van der Waals surface area contributed by atoms with Gasteiger partial charge in [0.05, 0.1) is 17.8 Å². The second-order valence-electron chi connectivity index (χ2n) is 12.2. The maximum absolute atomic E-state index is 13.8. The molecule has 1 unspecified atom stereocenters. The average molecular weight is 658 g/mol. The molecule has 0 bridgehead atoms. The van der Waals surface area contributed by atoms with Gasteiger partial charge in [0, 0.05) is 17.7 Å².